The molecular weight excluding hydrogens is 282 g/mol. The number of ether oxygens (including phenoxy) is 1. The first kappa shape index (κ1) is 15.8. The molecule has 20 heavy (non-hydrogen) atoms. The first-order chi connectivity index (χ1) is 9.35. The molecule has 108 valence electrons. The minimum Gasteiger partial charge on any atom is -0.494 e. The quantitative estimate of drug-likeness (QED) is 0.502. The van der Waals surface area contributed by atoms with Crippen molar-refractivity contribution in [2.24, 2.45) is 5.92 Å². The zero-order valence-corrected chi connectivity index (χ0v) is 12.1. The Morgan fingerprint density at radius 3 is 2.60 bits per heavy atom. The molecule has 1 rings (SSSR count). The minimum absolute atomic E-state index is 0.0930. The van der Waals surface area contributed by atoms with E-state index in [-0.39, 0.29) is 28.4 Å². The molecule has 0 aromatic heterocycles. The SMILES string of the molecule is COc1cc([N+](=O)[O-])ccc1NC(=S)NC(=O)C(C)C. The molecule has 1 aromatic carbocycles. The number of hydrogen-bond donors (Lipinski definition) is 2. The lowest BCUT2D eigenvalue weighted by atomic mass is 10.2. The summed E-state index contributed by atoms with van der Waals surface area (Å²) in [6, 6.07) is 4.05. The van der Waals surface area contributed by atoms with Gasteiger partial charge in [-0.15, -0.1) is 0 Å². The van der Waals surface area contributed by atoms with Crippen molar-refractivity contribution in [3.05, 3.63) is 28.3 Å². The van der Waals surface area contributed by atoms with Crippen molar-refractivity contribution in [1.82, 2.24) is 5.32 Å². The molecule has 0 aliphatic rings. The summed E-state index contributed by atoms with van der Waals surface area (Å²) in [5.74, 6) is -0.155. The van der Waals surface area contributed by atoms with E-state index in [4.69, 9.17) is 17.0 Å². The number of rotatable bonds is 4. The van der Waals surface area contributed by atoms with E-state index in [1.165, 1.54) is 25.3 Å². The summed E-state index contributed by atoms with van der Waals surface area (Å²) in [5.41, 5.74) is 0.344. The highest BCUT2D eigenvalue weighted by Crippen LogP contribution is 2.28. The predicted molar refractivity (Wildman–Crippen MR) is 78.8 cm³/mol. The van der Waals surface area contributed by atoms with Gasteiger partial charge < -0.3 is 15.4 Å². The van der Waals surface area contributed by atoms with E-state index in [9.17, 15) is 14.9 Å². The van der Waals surface area contributed by atoms with Gasteiger partial charge in [0.1, 0.15) is 5.75 Å². The van der Waals surface area contributed by atoms with Crippen molar-refractivity contribution >= 4 is 34.6 Å². The maximum absolute atomic E-state index is 11.5. The molecule has 0 radical (unpaired) electrons. The number of nitrogens with zero attached hydrogens (tertiary/aromatic N) is 1. The second kappa shape index (κ2) is 6.80. The first-order valence-corrected chi connectivity index (χ1v) is 6.20. The number of methoxy groups -OCH3 is 1. The van der Waals surface area contributed by atoms with E-state index in [1.54, 1.807) is 13.8 Å². The predicted octanol–water partition coefficient (Wildman–Crippen LogP) is 2.07. The van der Waals surface area contributed by atoms with Gasteiger partial charge in [-0.25, -0.2) is 0 Å². The van der Waals surface area contributed by atoms with E-state index >= 15 is 0 Å². The second-order valence-corrected chi connectivity index (χ2v) is 4.65. The molecule has 0 heterocycles. The lowest BCUT2D eigenvalue weighted by Gasteiger charge is -2.13. The topological polar surface area (TPSA) is 93.5 Å². The average Bonchev–Trinajstić information content (AvgIpc) is 2.38. The maximum atomic E-state index is 11.5. The highest BCUT2D eigenvalue weighted by atomic mass is 32.1. The normalized spacial score (nSPS) is 10.0. The summed E-state index contributed by atoms with van der Waals surface area (Å²) >= 11 is 4.99. The summed E-state index contributed by atoms with van der Waals surface area (Å²) in [7, 11) is 1.39. The van der Waals surface area contributed by atoms with Gasteiger partial charge in [-0.1, -0.05) is 13.8 Å². The molecule has 0 saturated carbocycles. The molecule has 0 spiro atoms. The molecule has 0 aliphatic carbocycles. The van der Waals surface area contributed by atoms with Gasteiger partial charge in [0.2, 0.25) is 5.91 Å². The van der Waals surface area contributed by atoms with Crippen LogP contribution in [0.5, 0.6) is 5.75 Å². The third kappa shape index (κ3) is 4.16. The van der Waals surface area contributed by atoms with Crippen LogP contribution in [0.25, 0.3) is 0 Å². The highest BCUT2D eigenvalue weighted by Gasteiger charge is 2.14. The molecule has 0 aliphatic heterocycles. The van der Waals surface area contributed by atoms with Crippen LogP contribution in [0.15, 0.2) is 18.2 Å². The summed E-state index contributed by atoms with van der Waals surface area (Å²) in [6.45, 7) is 3.48. The number of thiocarbonyl (C=S) groups is 1. The van der Waals surface area contributed by atoms with Crippen molar-refractivity contribution in [2.45, 2.75) is 13.8 Å². The fourth-order valence-corrected chi connectivity index (χ4v) is 1.52. The zero-order chi connectivity index (χ0) is 15.3. The van der Waals surface area contributed by atoms with Crippen LogP contribution in [0.2, 0.25) is 0 Å². The van der Waals surface area contributed by atoms with Crippen LogP contribution < -0.4 is 15.4 Å². The standard InChI is InChI=1S/C12H15N3O4S/c1-7(2)11(16)14-12(20)13-9-5-4-8(15(17)18)6-10(9)19-3/h4-7H,1-3H3,(H2,13,14,16,20). The largest absolute Gasteiger partial charge is 0.494 e. The lowest BCUT2D eigenvalue weighted by Crippen LogP contribution is -2.36. The third-order valence-electron chi connectivity index (χ3n) is 2.41. The number of nitro groups is 1. The Morgan fingerprint density at radius 1 is 1.45 bits per heavy atom. The van der Waals surface area contributed by atoms with Crippen molar-refractivity contribution in [2.75, 3.05) is 12.4 Å². The van der Waals surface area contributed by atoms with Gasteiger partial charge >= 0.3 is 0 Å². The van der Waals surface area contributed by atoms with Crippen LogP contribution in [0.1, 0.15) is 13.8 Å². The van der Waals surface area contributed by atoms with Crippen LogP contribution in [0.4, 0.5) is 11.4 Å². The third-order valence-corrected chi connectivity index (χ3v) is 2.61. The Kier molecular flexibility index (Phi) is 5.39. The average molecular weight is 297 g/mol. The van der Waals surface area contributed by atoms with Gasteiger partial charge in [-0.3, -0.25) is 14.9 Å². The number of benzene rings is 1. The molecule has 8 heteroatoms. The van der Waals surface area contributed by atoms with E-state index < -0.39 is 4.92 Å². The van der Waals surface area contributed by atoms with Crippen LogP contribution >= 0.6 is 12.2 Å². The van der Waals surface area contributed by atoms with Crippen molar-refractivity contribution < 1.29 is 14.5 Å². The number of nitrogens with one attached hydrogen (secondary N) is 2. The van der Waals surface area contributed by atoms with Crippen LogP contribution in [0.3, 0.4) is 0 Å². The Bertz CT molecular complexity index is 546. The van der Waals surface area contributed by atoms with E-state index in [2.05, 4.69) is 10.6 Å². The Hall–Kier alpha value is -2.22. The Balaban J connectivity index is 2.84. The van der Waals surface area contributed by atoms with E-state index in [0.717, 1.165) is 0 Å². The number of non-ortho nitro benzene ring substituents is 1. The maximum Gasteiger partial charge on any atom is 0.273 e. The van der Waals surface area contributed by atoms with Gasteiger partial charge in [0.05, 0.1) is 23.8 Å². The molecular formula is C12H15N3O4S. The molecule has 1 aromatic rings. The summed E-state index contributed by atoms with van der Waals surface area (Å²) in [6.07, 6.45) is 0. The van der Waals surface area contributed by atoms with Gasteiger partial charge in [0.15, 0.2) is 5.11 Å². The number of anilines is 1. The number of carbonyl (C=O) groups is 1. The van der Waals surface area contributed by atoms with Crippen LogP contribution in [-0.4, -0.2) is 23.1 Å². The monoisotopic (exact) mass is 297 g/mol. The molecule has 0 bridgehead atoms. The zero-order valence-electron chi connectivity index (χ0n) is 11.3. The van der Waals surface area contributed by atoms with Gasteiger partial charge in [-0.05, 0) is 18.3 Å². The van der Waals surface area contributed by atoms with Crippen LogP contribution in [0, 0.1) is 16.0 Å². The smallest absolute Gasteiger partial charge is 0.273 e. The fourth-order valence-electron chi connectivity index (χ4n) is 1.31. The first-order valence-electron chi connectivity index (χ1n) is 5.79. The number of amides is 1. The summed E-state index contributed by atoms with van der Waals surface area (Å²) < 4.78 is 5.05. The highest BCUT2D eigenvalue weighted by molar-refractivity contribution is 7.80. The molecule has 0 fully saturated rings. The van der Waals surface area contributed by atoms with Crippen molar-refractivity contribution in [3.8, 4) is 5.75 Å². The van der Waals surface area contributed by atoms with Gasteiger partial charge in [0.25, 0.3) is 5.69 Å². The van der Waals surface area contributed by atoms with Crippen molar-refractivity contribution in [1.29, 1.82) is 0 Å². The molecule has 0 saturated heterocycles. The van der Waals surface area contributed by atoms with Crippen LogP contribution in [-0.2, 0) is 4.79 Å². The number of nitro benzene ring substituents is 1. The van der Waals surface area contributed by atoms with Gasteiger partial charge in [-0.2, -0.15) is 0 Å². The Labute approximate surface area is 121 Å². The molecule has 0 unspecified atom stereocenters. The number of carbonyl (C=O) groups excluding carboxylic acids is 1. The molecule has 7 nitrogen and oxygen atoms in total. The molecule has 2 N–H and O–H groups in total. The lowest BCUT2D eigenvalue weighted by molar-refractivity contribution is -0.384. The molecule has 1 amide bonds. The Morgan fingerprint density at radius 2 is 2.10 bits per heavy atom. The summed E-state index contributed by atoms with van der Waals surface area (Å²) in [5, 5.41) is 16.1. The van der Waals surface area contributed by atoms with E-state index in [1.807, 2.05) is 0 Å². The number of hydrogen-bond acceptors (Lipinski definition) is 5. The molecule has 0 atom stereocenters. The minimum atomic E-state index is -0.523. The second-order valence-electron chi connectivity index (χ2n) is 4.24. The van der Waals surface area contributed by atoms with Crippen molar-refractivity contribution in [3.63, 3.8) is 0 Å². The van der Waals surface area contributed by atoms with E-state index in [0.29, 0.717) is 5.69 Å². The summed E-state index contributed by atoms with van der Waals surface area (Å²) in [4.78, 5) is 21.6. The van der Waals surface area contributed by atoms with Gasteiger partial charge in [0, 0.05) is 12.0 Å². The fraction of sp³-hybridized carbons (Fsp3) is 0.333.